The Bertz CT molecular complexity index is 1310. The molecule has 0 saturated heterocycles. The topological polar surface area (TPSA) is 69.2 Å². The lowest BCUT2D eigenvalue weighted by atomic mass is 10.0. The Morgan fingerprint density at radius 3 is 2.82 bits per heavy atom. The third-order valence-corrected chi connectivity index (χ3v) is 6.15. The molecule has 0 radical (unpaired) electrons. The van der Waals surface area contributed by atoms with E-state index in [-0.39, 0.29) is 0 Å². The van der Waals surface area contributed by atoms with Crippen LogP contribution in [-0.4, -0.2) is 27.5 Å². The van der Waals surface area contributed by atoms with Crippen molar-refractivity contribution >= 4 is 28.2 Å². The van der Waals surface area contributed by atoms with Crippen molar-refractivity contribution in [3.63, 3.8) is 0 Å². The number of hydrogen-bond acceptors (Lipinski definition) is 7. The van der Waals surface area contributed by atoms with E-state index in [1.807, 2.05) is 48.5 Å². The van der Waals surface area contributed by atoms with E-state index in [2.05, 4.69) is 47.2 Å². The fourth-order valence-corrected chi connectivity index (χ4v) is 4.37. The number of nitrogens with zero attached hydrogens (tertiary/aromatic N) is 3. The van der Waals surface area contributed by atoms with E-state index < -0.39 is 6.23 Å². The summed E-state index contributed by atoms with van der Waals surface area (Å²) in [6.45, 7) is 6.49. The molecular formula is C26H24N4O2S. The van der Waals surface area contributed by atoms with Crippen LogP contribution in [0.15, 0.2) is 78.5 Å². The summed E-state index contributed by atoms with van der Waals surface area (Å²) in [7, 11) is 0. The predicted octanol–water partition coefficient (Wildman–Crippen LogP) is 6.26. The molecule has 1 atom stereocenters. The van der Waals surface area contributed by atoms with Gasteiger partial charge in [0.05, 0.1) is 12.2 Å². The van der Waals surface area contributed by atoms with E-state index in [1.54, 1.807) is 0 Å². The summed E-state index contributed by atoms with van der Waals surface area (Å²) >= 11 is 1.47. The first-order chi connectivity index (χ1) is 16.3. The van der Waals surface area contributed by atoms with Crippen molar-refractivity contribution in [1.82, 2.24) is 15.2 Å². The van der Waals surface area contributed by atoms with Crippen molar-refractivity contribution in [3.05, 3.63) is 78.9 Å². The molecule has 7 heteroatoms. The van der Waals surface area contributed by atoms with Crippen LogP contribution in [0.4, 0.5) is 5.69 Å². The third kappa shape index (κ3) is 4.24. The predicted molar refractivity (Wildman–Crippen MR) is 133 cm³/mol. The minimum absolute atomic E-state index is 0.438. The molecule has 3 aromatic carbocycles. The highest BCUT2D eigenvalue weighted by Gasteiger charge is 2.29. The Balaban J connectivity index is 1.67. The number of benzene rings is 3. The van der Waals surface area contributed by atoms with E-state index in [1.165, 1.54) is 11.8 Å². The van der Waals surface area contributed by atoms with Gasteiger partial charge in [-0.3, -0.25) is 0 Å². The monoisotopic (exact) mass is 456 g/mol. The Hall–Kier alpha value is -3.58. The van der Waals surface area contributed by atoms with Gasteiger partial charge < -0.3 is 14.8 Å². The highest BCUT2D eigenvalue weighted by molar-refractivity contribution is 7.99. The largest absolute Gasteiger partial charge is 0.493 e. The van der Waals surface area contributed by atoms with Gasteiger partial charge in [0, 0.05) is 17.0 Å². The highest BCUT2D eigenvalue weighted by Crippen LogP contribution is 2.43. The number of fused-ring (bicyclic) bond motifs is 4. The van der Waals surface area contributed by atoms with E-state index in [9.17, 15) is 0 Å². The van der Waals surface area contributed by atoms with Crippen LogP contribution >= 0.6 is 11.8 Å². The molecule has 0 aliphatic carbocycles. The van der Waals surface area contributed by atoms with Gasteiger partial charge in [0.2, 0.25) is 17.3 Å². The molecule has 1 aromatic heterocycles. The summed E-state index contributed by atoms with van der Waals surface area (Å²) in [4.78, 5) is 4.70. The molecule has 0 spiro atoms. The summed E-state index contributed by atoms with van der Waals surface area (Å²) in [5.74, 6) is 1.92. The second-order valence-electron chi connectivity index (χ2n) is 7.58. The lowest BCUT2D eigenvalue weighted by molar-refractivity contribution is 0.217. The van der Waals surface area contributed by atoms with Crippen LogP contribution in [0, 0.1) is 0 Å². The zero-order valence-corrected chi connectivity index (χ0v) is 19.1. The number of anilines is 1. The van der Waals surface area contributed by atoms with Crippen LogP contribution in [0.1, 0.15) is 25.1 Å². The summed E-state index contributed by atoms with van der Waals surface area (Å²) < 4.78 is 12.7. The Morgan fingerprint density at radius 2 is 1.94 bits per heavy atom. The number of para-hydroxylation sites is 1. The first kappa shape index (κ1) is 21.3. The SMILES string of the molecule is C=CCSc1nnc2c(n1)O[C@H](c1c(OCCC)ccc3ccccc13)Nc1ccccc1-2. The zero-order chi connectivity index (χ0) is 22.6. The van der Waals surface area contributed by atoms with E-state index in [4.69, 9.17) is 14.5 Å². The third-order valence-electron chi connectivity index (χ3n) is 5.32. The molecule has 0 bridgehead atoms. The van der Waals surface area contributed by atoms with Gasteiger partial charge in [-0.15, -0.1) is 16.8 Å². The standard InChI is InChI=1S/C26H24N4O2S/c1-3-15-31-21-14-13-17-9-5-6-10-18(17)22(21)24-27-20-12-8-7-11-19(20)23-25(32-24)28-26(30-29-23)33-16-4-2/h4-14,24,27H,2-3,15-16H2,1H3/t24-/m1/s1. The van der Waals surface area contributed by atoms with Crippen LogP contribution in [-0.2, 0) is 0 Å². The molecule has 0 saturated carbocycles. The van der Waals surface area contributed by atoms with Gasteiger partial charge in [0.25, 0.3) is 0 Å². The van der Waals surface area contributed by atoms with Crippen LogP contribution in [0.3, 0.4) is 0 Å². The van der Waals surface area contributed by atoms with Gasteiger partial charge in [-0.1, -0.05) is 73.3 Å². The van der Waals surface area contributed by atoms with Gasteiger partial charge in [-0.05, 0) is 29.3 Å². The van der Waals surface area contributed by atoms with Crippen molar-refractivity contribution in [2.24, 2.45) is 0 Å². The number of rotatable bonds is 7. The number of ether oxygens (including phenoxy) is 2. The Labute approximate surface area is 197 Å². The average molecular weight is 457 g/mol. The Morgan fingerprint density at radius 1 is 1.09 bits per heavy atom. The molecule has 1 N–H and O–H groups in total. The summed E-state index contributed by atoms with van der Waals surface area (Å²) in [5, 5.41) is 15.1. The molecular weight excluding hydrogens is 432 g/mol. The van der Waals surface area contributed by atoms with Gasteiger partial charge in [-0.25, -0.2) is 0 Å². The van der Waals surface area contributed by atoms with Gasteiger partial charge in [-0.2, -0.15) is 4.98 Å². The fraction of sp³-hybridized carbons (Fsp3) is 0.192. The molecule has 1 aliphatic rings. The number of aromatic nitrogens is 3. The molecule has 5 rings (SSSR count). The molecule has 4 aromatic rings. The number of nitrogens with one attached hydrogen (secondary N) is 1. The molecule has 0 amide bonds. The molecule has 2 heterocycles. The smallest absolute Gasteiger partial charge is 0.247 e. The molecule has 6 nitrogen and oxygen atoms in total. The second-order valence-corrected chi connectivity index (χ2v) is 8.57. The van der Waals surface area contributed by atoms with Crippen molar-refractivity contribution < 1.29 is 9.47 Å². The Kier molecular flexibility index (Phi) is 6.13. The lowest BCUT2D eigenvalue weighted by Crippen LogP contribution is -2.19. The minimum atomic E-state index is -0.528. The second kappa shape index (κ2) is 9.50. The first-order valence-corrected chi connectivity index (χ1v) is 11.9. The molecule has 1 aliphatic heterocycles. The van der Waals surface area contributed by atoms with Crippen LogP contribution in [0.25, 0.3) is 22.0 Å². The van der Waals surface area contributed by atoms with Crippen molar-refractivity contribution in [3.8, 4) is 22.9 Å². The van der Waals surface area contributed by atoms with Gasteiger partial charge in [0.1, 0.15) is 5.75 Å². The van der Waals surface area contributed by atoms with Gasteiger partial charge >= 0.3 is 0 Å². The normalized spacial score (nSPS) is 14.4. The van der Waals surface area contributed by atoms with E-state index >= 15 is 0 Å². The molecule has 166 valence electrons. The average Bonchev–Trinajstić information content (AvgIpc) is 3.02. The van der Waals surface area contributed by atoms with Crippen molar-refractivity contribution in [2.75, 3.05) is 17.7 Å². The fourth-order valence-electron chi connectivity index (χ4n) is 3.86. The minimum Gasteiger partial charge on any atom is -0.493 e. The van der Waals surface area contributed by atoms with E-state index in [0.29, 0.717) is 29.1 Å². The van der Waals surface area contributed by atoms with E-state index in [0.717, 1.165) is 39.8 Å². The maximum Gasteiger partial charge on any atom is 0.247 e. The number of hydrogen-bond donors (Lipinski definition) is 1. The van der Waals surface area contributed by atoms with Crippen molar-refractivity contribution in [1.29, 1.82) is 0 Å². The summed E-state index contributed by atoms with van der Waals surface area (Å²) in [6.07, 6.45) is 2.20. The first-order valence-electron chi connectivity index (χ1n) is 10.9. The van der Waals surface area contributed by atoms with Crippen LogP contribution in [0.5, 0.6) is 11.6 Å². The molecule has 0 fully saturated rings. The van der Waals surface area contributed by atoms with Crippen molar-refractivity contribution in [2.45, 2.75) is 24.7 Å². The molecule has 0 unspecified atom stereocenters. The molecule has 33 heavy (non-hydrogen) atoms. The van der Waals surface area contributed by atoms with Crippen LogP contribution in [0.2, 0.25) is 0 Å². The number of thioether (sulfide) groups is 1. The maximum absolute atomic E-state index is 6.53. The summed E-state index contributed by atoms with van der Waals surface area (Å²) in [5.41, 5.74) is 3.34. The summed E-state index contributed by atoms with van der Waals surface area (Å²) in [6, 6.07) is 20.3. The van der Waals surface area contributed by atoms with Crippen LogP contribution < -0.4 is 14.8 Å². The maximum atomic E-state index is 6.53. The highest BCUT2D eigenvalue weighted by atomic mass is 32.2. The zero-order valence-electron chi connectivity index (χ0n) is 18.3. The lowest BCUT2D eigenvalue weighted by Gasteiger charge is -2.23. The quantitative estimate of drug-likeness (QED) is 0.260. The van der Waals surface area contributed by atoms with Gasteiger partial charge in [0.15, 0.2) is 5.69 Å².